The summed E-state index contributed by atoms with van der Waals surface area (Å²) >= 11 is 0. The summed E-state index contributed by atoms with van der Waals surface area (Å²) in [7, 11) is 2.07. The summed E-state index contributed by atoms with van der Waals surface area (Å²) in [6.07, 6.45) is 5.12. The van der Waals surface area contributed by atoms with Crippen molar-refractivity contribution in [3.05, 3.63) is 47.7 Å². The molecule has 7 nitrogen and oxygen atoms in total. The number of nitrogens with zero attached hydrogens (tertiary/aromatic N) is 5. The second-order valence-corrected chi connectivity index (χ2v) is 9.05. The Bertz CT molecular complexity index is 1080. The monoisotopic (exact) mass is 434 g/mol. The van der Waals surface area contributed by atoms with Gasteiger partial charge in [-0.3, -0.25) is 4.79 Å². The highest BCUT2D eigenvalue weighted by Gasteiger charge is 2.23. The van der Waals surface area contributed by atoms with Crippen molar-refractivity contribution in [2.45, 2.75) is 45.7 Å². The second-order valence-electron chi connectivity index (χ2n) is 9.05. The zero-order valence-corrected chi connectivity index (χ0v) is 19.4. The van der Waals surface area contributed by atoms with E-state index in [1.807, 2.05) is 15.6 Å². The standard InChI is InChI=1S/C25H34N6O/c1-18(2)31-24-22(16-27-31)21(25(32)30-11-5-4-6-12-30)15-23(28-24)20-9-7-8-19(14-20)17-29(3)13-10-26/h7-9,14-16,18H,4-6,10-13,17,26H2,1-3H3. The molecule has 0 spiro atoms. The van der Waals surface area contributed by atoms with Gasteiger partial charge in [-0.15, -0.1) is 0 Å². The molecule has 0 radical (unpaired) electrons. The Morgan fingerprint density at radius 2 is 1.97 bits per heavy atom. The Morgan fingerprint density at radius 1 is 1.19 bits per heavy atom. The molecule has 0 atom stereocenters. The van der Waals surface area contributed by atoms with Crippen LogP contribution in [0.3, 0.4) is 0 Å². The summed E-state index contributed by atoms with van der Waals surface area (Å²) in [5.41, 5.74) is 10.2. The summed E-state index contributed by atoms with van der Waals surface area (Å²) in [4.78, 5) is 22.7. The largest absolute Gasteiger partial charge is 0.339 e. The van der Waals surface area contributed by atoms with Crippen molar-refractivity contribution in [1.29, 1.82) is 0 Å². The maximum Gasteiger partial charge on any atom is 0.254 e. The van der Waals surface area contributed by atoms with Gasteiger partial charge in [0.05, 0.1) is 22.8 Å². The first-order valence-corrected chi connectivity index (χ1v) is 11.6. The van der Waals surface area contributed by atoms with E-state index in [1.54, 1.807) is 6.20 Å². The van der Waals surface area contributed by atoms with Gasteiger partial charge in [0.1, 0.15) is 0 Å². The molecule has 0 aliphatic carbocycles. The molecular weight excluding hydrogens is 400 g/mol. The van der Waals surface area contributed by atoms with Gasteiger partial charge in [-0.25, -0.2) is 9.67 Å². The number of rotatable bonds is 7. The van der Waals surface area contributed by atoms with Gasteiger partial charge in [-0.05, 0) is 57.9 Å². The number of hydrogen-bond acceptors (Lipinski definition) is 5. The van der Waals surface area contributed by atoms with Crippen molar-refractivity contribution >= 4 is 16.9 Å². The molecule has 1 amide bonds. The van der Waals surface area contributed by atoms with Crippen LogP contribution in [0, 0.1) is 0 Å². The summed E-state index contributed by atoms with van der Waals surface area (Å²) in [6.45, 7) is 8.10. The van der Waals surface area contributed by atoms with E-state index >= 15 is 0 Å². The first kappa shape index (κ1) is 22.4. The number of aromatic nitrogens is 3. The fraction of sp³-hybridized carbons (Fsp3) is 0.480. The molecule has 3 aromatic rings. The smallest absolute Gasteiger partial charge is 0.254 e. The van der Waals surface area contributed by atoms with E-state index in [4.69, 9.17) is 10.7 Å². The van der Waals surface area contributed by atoms with Crippen LogP contribution in [-0.2, 0) is 6.54 Å². The van der Waals surface area contributed by atoms with Crippen LogP contribution in [0.2, 0.25) is 0 Å². The maximum absolute atomic E-state index is 13.5. The van der Waals surface area contributed by atoms with Gasteiger partial charge in [0.2, 0.25) is 0 Å². The van der Waals surface area contributed by atoms with Crippen LogP contribution >= 0.6 is 0 Å². The van der Waals surface area contributed by atoms with E-state index < -0.39 is 0 Å². The number of benzene rings is 1. The minimum absolute atomic E-state index is 0.0838. The highest BCUT2D eigenvalue weighted by Crippen LogP contribution is 2.28. The van der Waals surface area contributed by atoms with Gasteiger partial charge < -0.3 is 15.5 Å². The lowest BCUT2D eigenvalue weighted by atomic mass is 10.0. The lowest BCUT2D eigenvalue weighted by Gasteiger charge is -2.27. The van der Waals surface area contributed by atoms with E-state index in [1.165, 1.54) is 12.0 Å². The fourth-order valence-electron chi connectivity index (χ4n) is 4.43. The molecule has 7 heteroatoms. The molecule has 1 fully saturated rings. The Kier molecular flexibility index (Phi) is 6.86. The van der Waals surface area contributed by atoms with Gasteiger partial charge in [-0.2, -0.15) is 5.10 Å². The van der Waals surface area contributed by atoms with E-state index in [-0.39, 0.29) is 11.9 Å². The van der Waals surface area contributed by atoms with Crippen LogP contribution in [0.15, 0.2) is 36.5 Å². The highest BCUT2D eigenvalue weighted by molar-refractivity contribution is 6.06. The molecule has 170 valence electrons. The Hall–Kier alpha value is -2.77. The predicted molar refractivity (Wildman–Crippen MR) is 128 cm³/mol. The number of pyridine rings is 1. The van der Waals surface area contributed by atoms with Crippen LogP contribution in [-0.4, -0.2) is 63.7 Å². The van der Waals surface area contributed by atoms with E-state index in [0.29, 0.717) is 12.1 Å². The van der Waals surface area contributed by atoms with Crippen molar-refractivity contribution in [2.24, 2.45) is 5.73 Å². The molecular formula is C25H34N6O. The number of likely N-dealkylation sites (N-methyl/N-ethyl adjacent to an activating group) is 1. The molecule has 1 aliphatic heterocycles. The molecule has 2 N–H and O–H groups in total. The summed E-state index contributed by atoms with van der Waals surface area (Å²) in [5, 5.41) is 5.39. The van der Waals surface area contributed by atoms with E-state index in [0.717, 1.165) is 61.3 Å². The third-order valence-corrected chi connectivity index (χ3v) is 6.12. The maximum atomic E-state index is 13.5. The Morgan fingerprint density at radius 3 is 2.69 bits per heavy atom. The lowest BCUT2D eigenvalue weighted by molar-refractivity contribution is 0.0726. The number of carbonyl (C=O) groups excluding carboxylic acids is 1. The van der Waals surface area contributed by atoms with Crippen molar-refractivity contribution in [3.63, 3.8) is 0 Å². The first-order valence-electron chi connectivity index (χ1n) is 11.6. The summed E-state index contributed by atoms with van der Waals surface area (Å²) < 4.78 is 1.91. The van der Waals surface area contributed by atoms with Crippen LogP contribution in [0.4, 0.5) is 0 Å². The predicted octanol–water partition coefficient (Wildman–Crippen LogP) is 3.70. The van der Waals surface area contributed by atoms with Gasteiger partial charge in [0, 0.05) is 44.3 Å². The summed E-state index contributed by atoms with van der Waals surface area (Å²) in [6, 6.07) is 10.5. The van der Waals surface area contributed by atoms with Crippen LogP contribution in [0.1, 0.15) is 55.1 Å². The van der Waals surface area contributed by atoms with Gasteiger partial charge in [-0.1, -0.05) is 18.2 Å². The number of likely N-dealkylation sites (tertiary alicyclic amines) is 1. The number of amides is 1. The van der Waals surface area contributed by atoms with Crippen molar-refractivity contribution in [2.75, 3.05) is 33.2 Å². The van der Waals surface area contributed by atoms with Crippen molar-refractivity contribution < 1.29 is 4.79 Å². The zero-order chi connectivity index (χ0) is 22.7. The first-order chi connectivity index (χ1) is 15.5. The van der Waals surface area contributed by atoms with Gasteiger partial charge >= 0.3 is 0 Å². The van der Waals surface area contributed by atoms with Crippen LogP contribution in [0.25, 0.3) is 22.3 Å². The zero-order valence-electron chi connectivity index (χ0n) is 19.4. The highest BCUT2D eigenvalue weighted by atomic mass is 16.2. The van der Waals surface area contributed by atoms with Crippen molar-refractivity contribution in [1.82, 2.24) is 24.6 Å². The molecule has 1 aliphatic rings. The van der Waals surface area contributed by atoms with Crippen LogP contribution in [0.5, 0.6) is 0 Å². The second kappa shape index (κ2) is 9.79. The third kappa shape index (κ3) is 4.69. The number of carbonyl (C=O) groups is 1. The Labute approximate surface area is 190 Å². The average Bonchev–Trinajstić information content (AvgIpc) is 3.23. The number of hydrogen-bond donors (Lipinski definition) is 1. The van der Waals surface area contributed by atoms with Crippen LogP contribution < -0.4 is 5.73 Å². The quantitative estimate of drug-likeness (QED) is 0.613. The fourth-order valence-corrected chi connectivity index (χ4v) is 4.43. The minimum atomic E-state index is 0.0838. The SMILES string of the molecule is CC(C)n1ncc2c(C(=O)N3CCCCC3)cc(-c3cccc(CN(C)CCN)c3)nc21. The topological polar surface area (TPSA) is 80.3 Å². The van der Waals surface area contributed by atoms with E-state index in [2.05, 4.69) is 55.2 Å². The third-order valence-electron chi connectivity index (χ3n) is 6.12. The lowest BCUT2D eigenvalue weighted by Crippen LogP contribution is -2.35. The summed E-state index contributed by atoms with van der Waals surface area (Å²) in [5.74, 6) is 0.0838. The van der Waals surface area contributed by atoms with Crippen molar-refractivity contribution in [3.8, 4) is 11.3 Å². The number of fused-ring (bicyclic) bond motifs is 1. The number of nitrogens with two attached hydrogens (primary N) is 1. The molecule has 2 aromatic heterocycles. The normalized spacial score (nSPS) is 14.6. The minimum Gasteiger partial charge on any atom is -0.339 e. The molecule has 4 rings (SSSR count). The van der Waals surface area contributed by atoms with Gasteiger partial charge in [0.25, 0.3) is 5.91 Å². The molecule has 0 bridgehead atoms. The molecule has 0 saturated carbocycles. The molecule has 3 heterocycles. The van der Waals surface area contributed by atoms with Gasteiger partial charge in [0.15, 0.2) is 5.65 Å². The molecule has 1 aromatic carbocycles. The van der Waals surface area contributed by atoms with E-state index in [9.17, 15) is 4.79 Å². The molecule has 32 heavy (non-hydrogen) atoms. The molecule has 0 unspecified atom stereocenters. The number of piperidine rings is 1. The molecule has 1 saturated heterocycles. The average molecular weight is 435 g/mol. The Balaban J connectivity index is 1.78.